The Bertz CT molecular complexity index is 800. The van der Waals surface area contributed by atoms with Crippen molar-refractivity contribution in [3.63, 3.8) is 0 Å². The molecule has 3 rings (SSSR count). The van der Waals surface area contributed by atoms with Crippen molar-refractivity contribution in [1.82, 2.24) is 19.2 Å². The number of amides is 1. The summed E-state index contributed by atoms with van der Waals surface area (Å²) < 4.78 is 24.7. The third kappa shape index (κ3) is 4.91. The quantitative estimate of drug-likeness (QED) is 0.756. The molecule has 2 aliphatic rings. The molecule has 1 N–H and O–H groups in total. The van der Waals surface area contributed by atoms with Gasteiger partial charge in [0.1, 0.15) is 5.82 Å². The van der Waals surface area contributed by atoms with E-state index in [4.69, 9.17) is 0 Å². The maximum absolute atomic E-state index is 12.8. The van der Waals surface area contributed by atoms with E-state index in [9.17, 15) is 13.2 Å². The maximum atomic E-state index is 12.8. The summed E-state index contributed by atoms with van der Waals surface area (Å²) in [5.41, 5.74) is 0.914. The fraction of sp³-hybridized carbons (Fsp3) is 0.722. The Kier molecular flexibility index (Phi) is 6.39. The zero-order valence-electron chi connectivity index (χ0n) is 16.9. The Balaban J connectivity index is 1.55. The van der Waals surface area contributed by atoms with Gasteiger partial charge in [0.05, 0.1) is 6.26 Å². The Morgan fingerprint density at radius 1 is 1.14 bits per heavy atom. The molecule has 0 unspecified atom stereocenters. The molecular weight excluding hydrogens is 380 g/mol. The largest absolute Gasteiger partial charge is 0.354 e. The zero-order valence-corrected chi connectivity index (χ0v) is 17.7. The SMILES string of the molecule is CCNc1nc(C)cc(N2CCN(C(=O)C3CCN(S(C)(=O)=O)CC3)CC2)n1. The van der Waals surface area contributed by atoms with Gasteiger partial charge >= 0.3 is 0 Å². The molecule has 2 fully saturated rings. The summed E-state index contributed by atoms with van der Waals surface area (Å²) in [5, 5.41) is 3.15. The maximum Gasteiger partial charge on any atom is 0.225 e. The van der Waals surface area contributed by atoms with Crippen LogP contribution in [-0.2, 0) is 14.8 Å². The average molecular weight is 411 g/mol. The van der Waals surface area contributed by atoms with Crippen LogP contribution in [-0.4, -0.2) is 85.6 Å². The third-order valence-corrected chi connectivity index (χ3v) is 6.67. The molecule has 0 radical (unpaired) electrons. The van der Waals surface area contributed by atoms with Crippen LogP contribution in [0, 0.1) is 12.8 Å². The molecule has 2 saturated heterocycles. The van der Waals surface area contributed by atoms with Gasteiger partial charge in [0.15, 0.2) is 0 Å². The van der Waals surface area contributed by atoms with E-state index in [1.807, 2.05) is 24.8 Å². The molecule has 0 atom stereocenters. The molecule has 10 heteroatoms. The monoisotopic (exact) mass is 410 g/mol. The second kappa shape index (κ2) is 8.60. The van der Waals surface area contributed by atoms with E-state index < -0.39 is 10.0 Å². The first-order valence-electron chi connectivity index (χ1n) is 9.86. The number of carbonyl (C=O) groups excluding carboxylic acids is 1. The Morgan fingerprint density at radius 3 is 2.36 bits per heavy atom. The number of rotatable bonds is 5. The molecule has 1 aromatic heterocycles. The highest BCUT2D eigenvalue weighted by Crippen LogP contribution is 2.23. The van der Waals surface area contributed by atoms with Crippen molar-refractivity contribution in [3.8, 4) is 0 Å². The fourth-order valence-corrected chi connectivity index (χ4v) is 4.67. The lowest BCUT2D eigenvalue weighted by Gasteiger charge is -2.38. The number of aromatic nitrogens is 2. The fourth-order valence-electron chi connectivity index (χ4n) is 3.80. The molecular formula is C18H30N6O3S. The third-order valence-electron chi connectivity index (χ3n) is 5.36. The van der Waals surface area contributed by atoms with Crippen LogP contribution in [0.25, 0.3) is 0 Å². The van der Waals surface area contributed by atoms with Crippen molar-refractivity contribution in [3.05, 3.63) is 11.8 Å². The van der Waals surface area contributed by atoms with E-state index in [0.717, 1.165) is 31.1 Å². The van der Waals surface area contributed by atoms with E-state index in [0.29, 0.717) is 45.0 Å². The van der Waals surface area contributed by atoms with Crippen molar-refractivity contribution >= 4 is 27.7 Å². The van der Waals surface area contributed by atoms with Crippen molar-refractivity contribution < 1.29 is 13.2 Å². The number of hydrogen-bond acceptors (Lipinski definition) is 7. The summed E-state index contributed by atoms with van der Waals surface area (Å²) in [6, 6.07) is 1.97. The number of sulfonamides is 1. The molecule has 0 aromatic carbocycles. The zero-order chi connectivity index (χ0) is 20.3. The number of piperazine rings is 1. The lowest BCUT2D eigenvalue weighted by atomic mass is 9.96. The first-order chi connectivity index (χ1) is 13.3. The van der Waals surface area contributed by atoms with Gasteiger partial charge in [-0.25, -0.2) is 17.7 Å². The smallest absolute Gasteiger partial charge is 0.225 e. The normalized spacial score (nSPS) is 19.7. The lowest BCUT2D eigenvalue weighted by molar-refractivity contribution is -0.137. The van der Waals surface area contributed by atoms with E-state index in [1.54, 1.807) is 0 Å². The summed E-state index contributed by atoms with van der Waals surface area (Å²) in [5.74, 6) is 1.59. The van der Waals surface area contributed by atoms with Crippen LogP contribution in [0.1, 0.15) is 25.5 Å². The molecule has 1 aromatic rings. The minimum atomic E-state index is -3.16. The van der Waals surface area contributed by atoms with E-state index in [2.05, 4.69) is 20.2 Å². The number of nitrogens with zero attached hydrogens (tertiary/aromatic N) is 5. The number of anilines is 2. The number of nitrogens with one attached hydrogen (secondary N) is 1. The molecule has 0 saturated carbocycles. The minimum Gasteiger partial charge on any atom is -0.354 e. The summed E-state index contributed by atoms with van der Waals surface area (Å²) in [4.78, 5) is 25.9. The topological polar surface area (TPSA) is 98.7 Å². The molecule has 9 nitrogen and oxygen atoms in total. The summed E-state index contributed by atoms with van der Waals surface area (Å²) in [6.07, 6.45) is 2.43. The van der Waals surface area contributed by atoms with E-state index in [1.165, 1.54) is 10.6 Å². The molecule has 0 aliphatic carbocycles. The number of aryl methyl sites for hydroxylation is 1. The van der Waals surface area contributed by atoms with E-state index in [-0.39, 0.29) is 11.8 Å². The summed E-state index contributed by atoms with van der Waals surface area (Å²) in [6.45, 7) is 8.38. The van der Waals surface area contributed by atoms with Crippen molar-refractivity contribution in [2.75, 3.05) is 62.3 Å². The molecule has 0 bridgehead atoms. The second-order valence-electron chi connectivity index (χ2n) is 7.47. The van der Waals surface area contributed by atoms with Gasteiger partial charge in [0.25, 0.3) is 0 Å². The van der Waals surface area contributed by atoms with Crippen LogP contribution in [0.5, 0.6) is 0 Å². The van der Waals surface area contributed by atoms with Crippen LogP contribution < -0.4 is 10.2 Å². The van der Waals surface area contributed by atoms with Gasteiger partial charge < -0.3 is 15.1 Å². The van der Waals surface area contributed by atoms with Gasteiger partial charge in [-0.3, -0.25) is 4.79 Å². The minimum absolute atomic E-state index is 0.0776. The van der Waals surface area contributed by atoms with E-state index >= 15 is 0 Å². The van der Waals surface area contributed by atoms with Crippen LogP contribution in [0.4, 0.5) is 11.8 Å². The molecule has 2 aliphatic heterocycles. The Labute approximate surface area is 167 Å². The highest BCUT2D eigenvalue weighted by molar-refractivity contribution is 7.88. The predicted octanol–water partition coefficient (Wildman–Crippen LogP) is 0.537. The molecule has 1 amide bonds. The second-order valence-corrected chi connectivity index (χ2v) is 9.45. The van der Waals surface area contributed by atoms with Crippen LogP contribution >= 0.6 is 0 Å². The van der Waals surface area contributed by atoms with Gasteiger partial charge in [0.2, 0.25) is 21.9 Å². The van der Waals surface area contributed by atoms with Gasteiger partial charge in [-0.2, -0.15) is 4.98 Å². The lowest BCUT2D eigenvalue weighted by Crippen LogP contribution is -2.52. The summed E-state index contributed by atoms with van der Waals surface area (Å²) in [7, 11) is -3.16. The standard InChI is InChI=1S/C18H30N6O3S/c1-4-19-18-20-14(2)13-16(21-18)22-9-11-23(12-10-22)17(25)15-5-7-24(8-6-15)28(3,26)27/h13,15H,4-12H2,1-3H3,(H,19,20,21). The Morgan fingerprint density at radius 2 is 1.79 bits per heavy atom. The van der Waals surface area contributed by atoms with Crippen LogP contribution in [0.2, 0.25) is 0 Å². The van der Waals surface area contributed by atoms with Crippen molar-refractivity contribution in [2.24, 2.45) is 5.92 Å². The van der Waals surface area contributed by atoms with Gasteiger partial charge in [-0.15, -0.1) is 0 Å². The number of piperidine rings is 1. The van der Waals surface area contributed by atoms with Crippen LogP contribution in [0.3, 0.4) is 0 Å². The summed E-state index contributed by atoms with van der Waals surface area (Å²) >= 11 is 0. The molecule has 0 spiro atoms. The molecule has 156 valence electrons. The predicted molar refractivity (Wildman–Crippen MR) is 109 cm³/mol. The van der Waals surface area contributed by atoms with Crippen molar-refractivity contribution in [2.45, 2.75) is 26.7 Å². The van der Waals surface area contributed by atoms with Crippen LogP contribution in [0.15, 0.2) is 6.07 Å². The average Bonchev–Trinajstić information content (AvgIpc) is 2.67. The first-order valence-corrected chi connectivity index (χ1v) is 11.7. The highest BCUT2D eigenvalue weighted by atomic mass is 32.2. The number of hydrogen-bond donors (Lipinski definition) is 1. The number of carbonyl (C=O) groups is 1. The highest BCUT2D eigenvalue weighted by Gasteiger charge is 2.32. The molecule has 3 heterocycles. The van der Waals surface area contributed by atoms with Gasteiger partial charge in [-0.05, 0) is 26.7 Å². The van der Waals surface area contributed by atoms with Gasteiger partial charge in [-0.1, -0.05) is 0 Å². The van der Waals surface area contributed by atoms with Crippen molar-refractivity contribution in [1.29, 1.82) is 0 Å². The Hall–Kier alpha value is -1.94. The van der Waals surface area contributed by atoms with Gasteiger partial charge in [0, 0.05) is 63.5 Å². The molecule has 28 heavy (non-hydrogen) atoms. The first kappa shape index (κ1) is 20.8.